The number of carboxylic acids is 1. The van der Waals surface area contributed by atoms with E-state index >= 15 is 0 Å². The van der Waals surface area contributed by atoms with Gasteiger partial charge in [0.2, 0.25) is 0 Å². The molecule has 0 fully saturated rings. The molecule has 23 heavy (non-hydrogen) atoms. The van der Waals surface area contributed by atoms with Crippen LogP contribution < -0.4 is 4.74 Å². The smallest absolute Gasteiger partial charge is 0.328 e. The molecule has 0 aliphatic heterocycles. The van der Waals surface area contributed by atoms with Crippen LogP contribution in [0.4, 0.5) is 0 Å². The zero-order chi connectivity index (χ0) is 17.4. The standard InChI is InChI=1S/C20H24O3/c1-14(7-6-8-15(2)11-20(21)22)9-10-19-16(3)12-18(23-5)13-17(19)4/h6-13H,1-5H3,(H,21,22)/b8-6+,10-9+,14-7+,15-11+. The zero-order valence-corrected chi connectivity index (χ0v) is 14.4. The van der Waals surface area contributed by atoms with Crippen molar-refractivity contribution in [1.29, 1.82) is 0 Å². The Morgan fingerprint density at radius 3 is 2.22 bits per heavy atom. The summed E-state index contributed by atoms with van der Waals surface area (Å²) in [4.78, 5) is 10.5. The number of hydrogen-bond acceptors (Lipinski definition) is 2. The highest BCUT2D eigenvalue weighted by atomic mass is 16.5. The van der Waals surface area contributed by atoms with Crippen molar-refractivity contribution in [3.8, 4) is 5.75 Å². The third-order valence-corrected chi connectivity index (χ3v) is 3.39. The van der Waals surface area contributed by atoms with Gasteiger partial charge in [0.05, 0.1) is 7.11 Å². The van der Waals surface area contributed by atoms with Crippen molar-refractivity contribution in [2.45, 2.75) is 27.7 Å². The molecule has 0 spiro atoms. The fourth-order valence-electron chi connectivity index (χ4n) is 2.18. The van der Waals surface area contributed by atoms with Crippen LogP contribution in [0, 0.1) is 13.8 Å². The maximum absolute atomic E-state index is 10.5. The van der Waals surface area contributed by atoms with E-state index in [1.54, 1.807) is 20.1 Å². The Balaban J connectivity index is 2.87. The molecule has 0 atom stereocenters. The van der Waals surface area contributed by atoms with Gasteiger partial charge < -0.3 is 9.84 Å². The third-order valence-electron chi connectivity index (χ3n) is 3.39. The summed E-state index contributed by atoms with van der Waals surface area (Å²) in [6, 6.07) is 4.04. The van der Waals surface area contributed by atoms with E-state index in [1.165, 1.54) is 22.8 Å². The minimum Gasteiger partial charge on any atom is -0.497 e. The minimum atomic E-state index is -0.932. The molecule has 0 bridgehead atoms. The normalized spacial score (nSPS) is 13.1. The first-order valence-corrected chi connectivity index (χ1v) is 7.43. The molecular weight excluding hydrogens is 288 g/mol. The van der Waals surface area contributed by atoms with Gasteiger partial charge in [-0.1, -0.05) is 36.0 Å². The van der Waals surface area contributed by atoms with E-state index in [-0.39, 0.29) is 0 Å². The molecule has 1 rings (SSSR count). The van der Waals surface area contributed by atoms with Gasteiger partial charge in [0.15, 0.2) is 0 Å². The summed E-state index contributed by atoms with van der Waals surface area (Å²) in [5.74, 6) is -0.0637. The third kappa shape index (κ3) is 6.39. The van der Waals surface area contributed by atoms with Crippen molar-refractivity contribution in [3.63, 3.8) is 0 Å². The van der Waals surface area contributed by atoms with Gasteiger partial charge in [0.25, 0.3) is 0 Å². The Kier molecular flexibility index (Phi) is 7.07. The second-order valence-electron chi connectivity index (χ2n) is 5.50. The van der Waals surface area contributed by atoms with Crippen LogP contribution in [0.2, 0.25) is 0 Å². The van der Waals surface area contributed by atoms with E-state index < -0.39 is 5.97 Å². The fraction of sp³-hybridized carbons (Fsp3) is 0.250. The number of carboxylic acid groups (broad SMARTS) is 1. The number of benzene rings is 1. The molecule has 0 saturated heterocycles. The lowest BCUT2D eigenvalue weighted by atomic mass is 10.0. The summed E-state index contributed by atoms with van der Waals surface area (Å²) in [7, 11) is 1.67. The number of ether oxygens (including phenoxy) is 1. The van der Waals surface area contributed by atoms with Gasteiger partial charge in [-0.05, 0) is 62.1 Å². The lowest BCUT2D eigenvalue weighted by Crippen LogP contribution is -1.90. The minimum absolute atomic E-state index is 0.701. The number of aryl methyl sites for hydroxylation is 2. The maximum atomic E-state index is 10.5. The molecule has 1 N–H and O–H groups in total. The van der Waals surface area contributed by atoms with Gasteiger partial charge in [-0.2, -0.15) is 0 Å². The Hall–Kier alpha value is -2.55. The van der Waals surface area contributed by atoms with Crippen LogP contribution in [-0.2, 0) is 4.79 Å². The molecule has 1 aromatic rings. The summed E-state index contributed by atoms with van der Waals surface area (Å²) < 4.78 is 5.27. The van der Waals surface area contributed by atoms with Gasteiger partial charge >= 0.3 is 5.97 Å². The number of rotatable bonds is 6. The van der Waals surface area contributed by atoms with Gasteiger partial charge in [-0.15, -0.1) is 0 Å². The van der Waals surface area contributed by atoms with Crippen molar-refractivity contribution < 1.29 is 14.6 Å². The van der Waals surface area contributed by atoms with Gasteiger partial charge in [0, 0.05) is 6.08 Å². The Morgan fingerprint density at radius 1 is 1.09 bits per heavy atom. The second kappa shape index (κ2) is 8.79. The Bertz CT molecular complexity index is 666. The highest BCUT2D eigenvalue weighted by Crippen LogP contribution is 2.23. The summed E-state index contributed by atoms with van der Waals surface area (Å²) in [6.07, 6.45) is 10.9. The Labute approximate surface area is 138 Å². The average Bonchev–Trinajstić information content (AvgIpc) is 2.45. The molecule has 0 aromatic heterocycles. The predicted octanol–water partition coefficient (Wildman–Crippen LogP) is 4.86. The van der Waals surface area contributed by atoms with Crippen LogP contribution >= 0.6 is 0 Å². The SMILES string of the molecule is COc1cc(C)c(/C=C/C(C)=C/C=C/C(C)=C/C(=O)O)c(C)c1. The molecule has 3 nitrogen and oxygen atoms in total. The number of carbonyl (C=O) groups is 1. The number of allylic oxidation sites excluding steroid dienone is 6. The van der Waals surface area contributed by atoms with Crippen molar-refractivity contribution in [1.82, 2.24) is 0 Å². The fourth-order valence-corrected chi connectivity index (χ4v) is 2.18. The predicted molar refractivity (Wildman–Crippen MR) is 95.8 cm³/mol. The second-order valence-corrected chi connectivity index (χ2v) is 5.50. The number of aliphatic carboxylic acids is 1. The number of hydrogen-bond donors (Lipinski definition) is 1. The average molecular weight is 312 g/mol. The Morgan fingerprint density at radius 2 is 1.70 bits per heavy atom. The molecular formula is C20H24O3. The summed E-state index contributed by atoms with van der Waals surface area (Å²) in [5.41, 5.74) is 5.30. The highest BCUT2D eigenvalue weighted by Gasteiger charge is 2.02. The molecule has 1 aromatic carbocycles. The molecule has 0 amide bonds. The van der Waals surface area contributed by atoms with E-state index in [0.717, 1.165) is 11.3 Å². The zero-order valence-electron chi connectivity index (χ0n) is 14.4. The molecule has 0 aliphatic rings. The molecule has 0 unspecified atom stereocenters. The van der Waals surface area contributed by atoms with E-state index in [4.69, 9.17) is 9.84 Å². The lowest BCUT2D eigenvalue weighted by Gasteiger charge is -2.08. The summed E-state index contributed by atoms with van der Waals surface area (Å²) in [5, 5.41) is 8.65. The van der Waals surface area contributed by atoms with Crippen LogP contribution in [-0.4, -0.2) is 18.2 Å². The number of methoxy groups -OCH3 is 1. The van der Waals surface area contributed by atoms with Crippen molar-refractivity contribution in [2.24, 2.45) is 0 Å². The first-order valence-electron chi connectivity index (χ1n) is 7.43. The molecule has 0 aliphatic carbocycles. The molecule has 3 heteroatoms. The van der Waals surface area contributed by atoms with E-state index in [0.29, 0.717) is 5.57 Å². The largest absolute Gasteiger partial charge is 0.497 e. The van der Waals surface area contributed by atoms with Crippen LogP contribution in [0.1, 0.15) is 30.5 Å². The van der Waals surface area contributed by atoms with Crippen molar-refractivity contribution in [3.05, 3.63) is 70.3 Å². The lowest BCUT2D eigenvalue weighted by molar-refractivity contribution is -0.131. The van der Waals surface area contributed by atoms with Crippen molar-refractivity contribution >= 4 is 12.0 Å². The van der Waals surface area contributed by atoms with Gasteiger partial charge in [0.1, 0.15) is 5.75 Å². The van der Waals surface area contributed by atoms with Crippen LogP contribution in [0.3, 0.4) is 0 Å². The monoisotopic (exact) mass is 312 g/mol. The molecule has 122 valence electrons. The molecule has 0 heterocycles. The summed E-state index contributed by atoms with van der Waals surface area (Å²) in [6.45, 7) is 7.89. The van der Waals surface area contributed by atoms with E-state index in [9.17, 15) is 4.79 Å². The highest BCUT2D eigenvalue weighted by molar-refractivity contribution is 5.81. The van der Waals surface area contributed by atoms with Crippen LogP contribution in [0.25, 0.3) is 6.08 Å². The first kappa shape index (κ1) is 18.5. The molecule has 0 radical (unpaired) electrons. The first-order chi connectivity index (χ1) is 10.8. The van der Waals surface area contributed by atoms with Gasteiger partial charge in [-0.3, -0.25) is 0 Å². The van der Waals surface area contributed by atoms with Crippen LogP contribution in [0.5, 0.6) is 5.75 Å². The van der Waals surface area contributed by atoms with Crippen LogP contribution in [0.15, 0.2) is 53.7 Å². The van der Waals surface area contributed by atoms with Gasteiger partial charge in [-0.25, -0.2) is 4.79 Å². The summed E-state index contributed by atoms with van der Waals surface area (Å²) >= 11 is 0. The maximum Gasteiger partial charge on any atom is 0.328 e. The van der Waals surface area contributed by atoms with Crippen molar-refractivity contribution in [2.75, 3.05) is 7.11 Å². The molecule has 0 saturated carbocycles. The topological polar surface area (TPSA) is 46.5 Å². The quantitative estimate of drug-likeness (QED) is 0.603. The van der Waals surface area contributed by atoms with E-state index in [1.807, 2.05) is 37.3 Å². The van der Waals surface area contributed by atoms with E-state index in [2.05, 4.69) is 19.9 Å².